The molecule has 1 aliphatic carbocycles. The summed E-state index contributed by atoms with van der Waals surface area (Å²) in [5, 5.41) is 8.81. The number of anilines is 1. The summed E-state index contributed by atoms with van der Waals surface area (Å²) >= 11 is 0. The van der Waals surface area contributed by atoms with Crippen molar-refractivity contribution in [3.05, 3.63) is 103 Å². The second-order valence-corrected chi connectivity index (χ2v) is 9.27. The third-order valence-electron chi connectivity index (χ3n) is 7.15. The van der Waals surface area contributed by atoms with Gasteiger partial charge in [0.15, 0.2) is 0 Å². The third kappa shape index (κ3) is 3.65. The Morgan fingerprint density at radius 1 is 0.853 bits per heavy atom. The Labute approximate surface area is 199 Å². The molecule has 0 bridgehead atoms. The number of fused-ring (bicyclic) bond motifs is 1. The van der Waals surface area contributed by atoms with Gasteiger partial charge in [-0.1, -0.05) is 30.4 Å². The highest BCUT2D eigenvalue weighted by molar-refractivity contribution is 6.07. The molecule has 2 aromatic heterocycles. The molecule has 34 heavy (non-hydrogen) atoms. The van der Waals surface area contributed by atoms with Crippen molar-refractivity contribution in [2.24, 2.45) is 5.41 Å². The van der Waals surface area contributed by atoms with Crippen molar-refractivity contribution in [1.29, 1.82) is 0 Å². The highest BCUT2D eigenvalue weighted by atomic mass is 16.2. The van der Waals surface area contributed by atoms with Gasteiger partial charge in [0.1, 0.15) is 0 Å². The molecule has 4 aromatic rings. The van der Waals surface area contributed by atoms with E-state index in [1.807, 2.05) is 53.7 Å². The average Bonchev–Trinajstić information content (AvgIpc) is 3.58. The van der Waals surface area contributed by atoms with Crippen LogP contribution in [0.2, 0.25) is 0 Å². The minimum atomic E-state index is 0.0183. The fraction of sp³-hybridized carbons (Fsp3) is 0.250. The molecule has 1 atom stereocenters. The Morgan fingerprint density at radius 2 is 1.65 bits per heavy atom. The van der Waals surface area contributed by atoms with Crippen molar-refractivity contribution in [2.75, 3.05) is 11.4 Å². The molecule has 0 fully saturated rings. The summed E-state index contributed by atoms with van der Waals surface area (Å²) in [6.45, 7) is 0.707. The Bertz CT molecular complexity index is 1340. The third-order valence-corrected chi connectivity index (χ3v) is 7.15. The zero-order chi connectivity index (χ0) is 23.0. The molecule has 0 saturated heterocycles. The van der Waals surface area contributed by atoms with E-state index >= 15 is 0 Å². The van der Waals surface area contributed by atoms with Crippen molar-refractivity contribution in [3.63, 3.8) is 0 Å². The maximum Gasteiger partial charge on any atom is 0.258 e. The maximum atomic E-state index is 14.0. The molecule has 1 unspecified atom stereocenters. The molecule has 0 saturated carbocycles. The molecule has 3 heterocycles. The van der Waals surface area contributed by atoms with Gasteiger partial charge in [-0.05, 0) is 79.5 Å². The van der Waals surface area contributed by atoms with Crippen LogP contribution in [0.1, 0.15) is 41.6 Å². The van der Waals surface area contributed by atoms with E-state index in [-0.39, 0.29) is 11.3 Å². The van der Waals surface area contributed by atoms with E-state index < -0.39 is 0 Å². The molecular weight excluding hydrogens is 422 g/mol. The van der Waals surface area contributed by atoms with Crippen molar-refractivity contribution in [2.45, 2.75) is 32.1 Å². The van der Waals surface area contributed by atoms with Crippen molar-refractivity contribution in [3.8, 4) is 11.4 Å². The summed E-state index contributed by atoms with van der Waals surface area (Å²) in [6, 6.07) is 17.9. The summed E-state index contributed by atoms with van der Waals surface area (Å²) in [6.07, 6.45) is 17.5. The van der Waals surface area contributed by atoms with Crippen LogP contribution >= 0.6 is 0 Å². The fourth-order valence-electron chi connectivity index (χ4n) is 5.41. The zero-order valence-electron chi connectivity index (χ0n) is 19.0. The van der Waals surface area contributed by atoms with Gasteiger partial charge in [-0.25, -0.2) is 9.36 Å². The predicted molar refractivity (Wildman–Crippen MR) is 133 cm³/mol. The molecule has 6 heteroatoms. The van der Waals surface area contributed by atoms with Crippen molar-refractivity contribution < 1.29 is 4.79 Å². The summed E-state index contributed by atoms with van der Waals surface area (Å²) in [5.74, 6) is 0.0183. The largest absolute Gasteiger partial charge is 0.308 e. The van der Waals surface area contributed by atoms with Gasteiger partial charge in [0.25, 0.3) is 5.91 Å². The topological polar surface area (TPSA) is 56.0 Å². The highest BCUT2D eigenvalue weighted by Crippen LogP contribution is 2.43. The first-order chi connectivity index (χ1) is 16.7. The molecule has 170 valence electrons. The summed E-state index contributed by atoms with van der Waals surface area (Å²) in [5.41, 5.74) is 4.75. The second kappa shape index (κ2) is 8.45. The Balaban J connectivity index is 1.40. The first-order valence-electron chi connectivity index (χ1n) is 11.9. The standard InChI is InChI=1S/C28H27N5O/c34-27(22-10-11-25(32-17-6-15-29-32)26(20-22)33-18-7-16-30-33)31-19-14-28(12-4-1-5-13-28)21-23-8-2-3-9-24(23)31/h2-4,6-12,15-18,20H,1,5,13-14,19,21H2. The van der Waals surface area contributed by atoms with E-state index in [0.717, 1.165) is 36.3 Å². The van der Waals surface area contributed by atoms with E-state index in [1.54, 1.807) is 21.8 Å². The lowest BCUT2D eigenvalue weighted by atomic mass is 9.72. The van der Waals surface area contributed by atoms with Crippen LogP contribution in [0.15, 0.2) is 91.5 Å². The molecule has 1 aliphatic heterocycles. The molecular formula is C28H27N5O. The SMILES string of the molecule is O=C(c1ccc(-n2cccn2)c(-n2cccn2)c1)N1CCC2(C=CCCC2)Cc2ccccc21. The van der Waals surface area contributed by atoms with Gasteiger partial charge in [0.05, 0.1) is 11.4 Å². The number of amides is 1. The molecule has 0 radical (unpaired) electrons. The lowest BCUT2D eigenvalue weighted by molar-refractivity contribution is 0.0985. The van der Waals surface area contributed by atoms with Crippen LogP contribution in [0.4, 0.5) is 5.69 Å². The lowest BCUT2D eigenvalue weighted by Gasteiger charge is -2.32. The number of carbonyl (C=O) groups excluding carboxylic acids is 1. The monoisotopic (exact) mass is 449 g/mol. The number of carbonyl (C=O) groups is 1. The fourth-order valence-corrected chi connectivity index (χ4v) is 5.41. The Kier molecular flexibility index (Phi) is 5.13. The predicted octanol–water partition coefficient (Wildman–Crippen LogP) is 5.38. The molecule has 6 nitrogen and oxygen atoms in total. The smallest absolute Gasteiger partial charge is 0.258 e. The average molecular weight is 450 g/mol. The maximum absolute atomic E-state index is 14.0. The summed E-state index contributed by atoms with van der Waals surface area (Å²) < 4.78 is 3.58. The van der Waals surface area contributed by atoms with Gasteiger partial charge in [-0.15, -0.1) is 0 Å². The highest BCUT2D eigenvalue weighted by Gasteiger charge is 2.35. The van der Waals surface area contributed by atoms with Crippen LogP contribution < -0.4 is 4.90 Å². The summed E-state index contributed by atoms with van der Waals surface area (Å²) in [7, 11) is 0. The zero-order valence-corrected chi connectivity index (χ0v) is 19.0. The molecule has 0 N–H and O–H groups in total. The number of aromatic nitrogens is 4. The van der Waals surface area contributed by atoms with E-state index in [0.29, 0.717) is 12.1 Å². The van der Waals surface area contributed by atoms with Crippen LogP contribution in [0.5, 0.6) is 0 Å². The van der Waals surface area contributed by atoms with Gasteiger partial charge in [0, 0.05) is 42.6 Å². The number of benzene rings is 2. The van der Waals surface area contributed by atoms with Gasteiger partial charge < -0.3 is 4.90 Å². The van der Waals surface area contributed by atoms with E-state index in [1.165, 1.54) is 18.4 Å². The molecule has 2 aliphatic rings. The molecule has 2 aromatic carbocycles. The molecule has 1 spiro atoms. The summed E-state index contributed by atoms with van der Waals surface area (Å²) in [4.78, 5) is 15.9. The van der Waals surface area contributed by atoms with Crippen LogP contribution in [-0.2, 0) is 6.42 Å². The number of rotatable bonds is 3. The number of nitrogens with zero attached hydrogens (tertiary/aromatic N) is 5. The second-order valence-electron chi connectivity index (χ2n) is 9.27. The molecule has 1 amide bonds. The Hall–Kier alpha value is -3.93. The van der Waals surface area contributed by atoms with Gasteiger partial charge in [-0.2, -0.15) is 10.2 Å². The molecule has 6 rings (SSSR count). The van der Waals surface area contributed by atoms with Crippen LogP contribution in [0, 0.1) is 5.41 Å². The number of hydrogen-bond acceptors (Lipinski definition) is 3. The van der Waals surface area contributed by atoms with Gasteiger partial charge in [0.2, 0.25) is 0 Å². The normalized spacial score (nSPS) is 19.7. The van der Waals surface area contributed by atoms with Crippen LogP contribution in [0.25, 0.3) is 11.4 Å². The van der Waals surface area contributed by atoms with Crippen LogP contribution in [-0.4, -0.2) is 32.0 Å². The lowest BCUT2D eigenvalue weighted by Crippen LogP contribution is -2.33. The Morgan fingerprint density at radius 3 is 2.38 bits per heavy atom. The quantitative estimate of drug-likeness (QED) is 0.395. The number of allylic oxidation sites excluding steroid dienone is 2. The minimum absolute atomic E-state index is 0.0183. The number of hydrogen-bond donors (Lipinski definition) is 0. The first-order valence-corrected chi connectivity index (χ1v) is 11.9. The van der Waals surface area contributed by atoms with Gasteiger partial charge >= 0.3 is 0 Å². The van der Waals surface area contributed by atoms with Crippen LogP contribution in [0.3, 0.4) is 0 Å². The first kappa shape index (κ1) is 20.7. The minimum Gasteiger partial charge on any atom is -0.308 e. The van der Waals surface area contributed by atoms with E-state index in [4.69, 9.17) is 0 Å². The number of para-hydroxylation sites is 1. The van der Waals surface area contributed by atoms with E-state index in [2.05, 4.69) is 40.5 Å². The van der Waals surface area contributed by atoms with E-state index in [9.17, 15) is 4.79 Å². The van der Waals surface area contributed by atoms with Crippen molar-refractivity contribution >= 4 is 11.6 Å². The van der Waals surface area contributed by atoms with Gasteiger partial charge in [-0.3, -0.25) is 4.79 Å². The van der Waals surface area contributed by atoms with Crippen molar-refractivity contribution in [1.82, 2.24) is 19.6 Å².